The van der Waals surface area contributed by atoms with E-state index in [1.807, 2.05) is 0 Å². The molecule has 3 heteroatoms. The Morgan fingerprint density at radius 2 is 1.69 bits per heavy atom. The van der Waals surface area contributed by atoms with Crippen molar-refractivity contribution in [2.24, 2.45) is 0 Å². The van der Waals surface area contributed by atoms with Crippen molar-refractivity contribution in [3.63, 3.8) is 0 Å². The van der Waals surface area contributed by atoms with E-state index < -0.39 is 0 Å². The second-order valence-electron chi connectivity index (χ2n) is 3.43. The molecule has 0 aliphatic heterocycles. The molecule has 0 unspecified atom stereocenters. The van der Waals surface area contributed by atoms with Gasteiger partial charge in [-0.2, -0.15) is 0 Å². The highest BCUT2D eigenvalue weighted by Crippen LogP contribution is 2.28. The number of methoxy groups -OCH3 is 1. The Morgan fingerprint density at radius 1 is 1.00 bits per heavy atom. The second kappa shape index (κ2) is 4.23. The molecular formula is C13H11FO2. The fourth-order valence-electron chi connectivity index (χ4n) is 1.51. The van der Waals surface area contributed by atoms with E-state index in [0.717, 1.165) is 11.1 Å². The lowest BCUT2D eigenvalue weighted by Crippen LogP contribution is -1.84. The molecule has 0 radical (unpaired) electrons. The fourth-order valence-corrected chi connectivity index (χ4v) is 1.51. The summed E-state index contributed by atoms with van der Waals surface area (Å²) in [7, 11) is 1.53. The van der Waals surface area contributed by atoms with Gasteiger partial charge in [-0.05, 0) is 35.4 Å². The van der Waals surface area contributed by atoms with E-state index in [4.69, 9.17) is 4.74 Å². The van der Waals surface area contributed by atoms with E-state index in [2.05, 4.69) is 0 Å². The molecule has 2 aromatic carbocycles. The normalized spacial score (nSPS) is 10.1. The molecule has 82 valence electrons. The third-order valence-corrected chi connectivity index (χ3v) is 2.30. The van der Waals surface area contributed by atoms with Crippen LogP contribution in [-0.4, -0.2) is 12.2 Å². The van der Waals surface area contributed by atoms with Crippen LogP contribution in [0.1, 0.15) is 0 Å². The Hall–Kier alpha value is -2.03. The first kappa shape index (κ1) is 10.5. The maximum Gasteiger partial charge on any atom is 0.123 e. The van der Waals surface area contributed by atoms with Crippen LogP contribution in [0.5, 0.6) is 11.5 Å². The highest BCUT2D eigenvalue weighted by atomic mass is 19.1. The summed E-state index contributed by atoms with van der Waals surface area (Å²) < 4.78 is 17.8. The number of benzene rings is 2. The number of phenols is 1. The topological polar surface area (TPSA) is 29.5 Å². The molecule has 0 saturated carbocycles. The summed E-state index contributed by atoms with van der Waals surface area (Å²) in [5.41, 5.74) is 1.62. The molecule has 0 atom stereocenters. The van der Waals surface area contributed by atoms with Gasteiger partial charge in [0.05, 0.1) is 7.11 Å². The minimum absolute atomic E-state index is 0.124. The molecule has 0 aliphatic carbocycles. The molecule has 0 heterocycles. The van der Waals surface area contributed by atoms with Gasteiger partial charge in [-0.1, -0.05) is 12.1 Å². The Morgan fingerprint density at radius 3 is 2.31 bits per heavy atom. The monoisotopic (exact) mass is 218 g/mol. The van der Waals surface area contributed by atoms with Gasteiger partial charge in [0.1, 0.15) is 17.3 Å². The van der Waals surface area contributed by atoms with E-state index in [0.29, 0.717) is 5.75 Å². The Balaban J connectivity index is 2.47. The number of phenolic OH excluding ortho intramolecular Hbond substituents is 1. The number of hydrogen-bond donors (Lipinski definition) is 1. The van der Waals surface area contributed by atoms with E-state index in [-0.39, 0.29) is 11.6 Å². The van der Waals surface area contributed by atoms with Crippen LogP contribution in [0.25, 0.3) is 11.1 Å². The van der Waals surface area contributed by atoms with Crippen molar-refractivity contribution in [3.05, 3.63) is 48.3 Å². The Labute approximate surface area is 92.9 Å². The molecule has 0 saturated heterocycles. The van der Waals surface area contributed by atoms with E-state index in [9.17, 15) is 9.50 Å². The summed E-state index contributed by atoms with van der Waals surface area (Å²) in [5, 5.41) is 9.49. The van der Waals surface area contributed by atoms with Crippen LogP contribution in [0.15, 0.2) is 42.5 Å². The largest absolute Gasteiger partial charge is 0.508 e. The van der Waals surface area contributed by atoms with Crippen LogP contribution in [0, 0.1) is 5.82 Å². The van der Waals surface area contributed by atoms with Crippen LogP contribution >= 0.6 is 0 Å². The van der Waals surface area contributed by atoms with Gasteiger partial charge in [-0.3, -0.25) is 0 Å². The standard InChI is InChI=1S/C13H11FO2/c1-16-13-7-10(6-12(15)8-13)9-2-4-11(14)5-3-9/h2-8,15H,1H3. The number of rotatable bonds is 2. The second-order valence-corrected chi connectivity index (χ2v) is 3.43. The van der Waals surface area contributed by atoms with Crippen molar-refractivity contribution in [2.75, 3.05) is 7.11 Å². The van der Waals surface area contributed by atoms with Gasteiger partial charge in [0.15, 0.2) is 0 Å². The SMILES string of the molecule is COc1cc(O)cc(-c2ccc(F)cc2)c1. The summed E-state index contributed by atoms with van der Waals surface area (Å²) in [6, 6.07) is 11.0. The van der Waals surface area contributed by atoms with Crippen molar-refractivity contribution in [1.82, 2.24) is 0 Å². The van der Waals surface area contributed by atoms with Crippen LogP contribution < -0.4 is 4.74 Å². The molecular weight excluding hydrogens is 207 g/mol. The van der Waals surface area contributed by atoms with Gasteiger partial charge in [0.25, 0.3) is 0 Å². The maximum atomic E-state index is 12.8. The van der Waals surface area contributed by atoms with Crippen molar-refractivity contribution < 1.29 is 14.2 Å². The van der Waals surface area contributed by atoms with Crippen LogP contribution in [-0.2, 0) is 0 Å². The molecule has 16 heavy (non-hydrogen) atoms. The lowest BCUT2D eigenvalue weighted by Gasteiger charge is -2.06. The minimum atomic E-state index is -0.282. The third kappa shape index (κ3) is 2.14. The molecule has 2 rings (SSSR count). The summed E-state index contributed by atoms with van der Waals surface area (Å²) in [4.78, 5) is 0. The first-order valence-corrected chi connectivity index (χ1v) is 4.83. The zero-order chi connectivity index (χ0) is 11.5. The summed E-state index contributed by atoms with van der Waals surface area (Å²) in [6.45, 7) is 0. The van der Waals surface area contributed by atoms with Crippen molar-refractivity contribution in [3.8, 4) is 22.6 Å². The molecule has 0 aromatic heterocycles. The average Bonchev–Trinajstić information content (AvgIpc) is 2.29. The van der Waals surface area contributed by atoms with E-state index in [1.165, 1.54) is 25.3 Å². The predicted octanol–water partition coefficient (Wildman–Crippen LogP) is 3.21. The van der Waals surface area contributed by atoms with E-state index >= 15 is 0 Å². The minimum Gasteiger partial charge on any atom is -0.508 e. The fraction of sp³-hybridized carbons (Fsp3) is 0.0769. The molecule has 0 aliphatic rings. The van der Waals surface area contributed by atoms with Gasteiger partial charge < -0.3 is 9.84 Å². The number of halogens is 1. The quantitative estimate of drug-likeness (QED) is 0.838. The van der Waals surface area contributed by atoms with Gasteiger partial charge >= 0.3 is 0 Å². The third-order valence-electron chi connectivity index (χ3n) is 2.30. The smallest absolute Gasteiger partial charge is 0.123 e. The average molecular weight is 218 g/mol. The van der Waals surface area contributed by atoms with Gasteiger partial charge in [0.2, 0.25) is 0 Å². The van der Waals surface area contributed by atoms with E-state index in [1.54, 1.807) is 24.3 Å². The van der Waals surface area contributed by atoms with Crippen molar-refractivity contribution >= 4 is 0 Å². The highest BCUT2D eigenvalue weighted by Gasteiger charge is 2.03. The zero-order valence-corrected chi connectivity index (χ0v) is 8.77. The number of hydrogen-bond acceptors (Lipinski definition) is 2. The Bertz CT molecular complexity index is 492. The summed E-state index contributed by atoms with van der Waals surface area (Å²) in [5.74, 6) is 0.411. The van der Waals surface area contributed by atoms with Crippen LogP contribution in [0.3, 0.4) is 0 Å². The molecule has 2 aromatic rings. The number of aromatic hydroxyl groups is 1. The molecule has 2 nitrogen and oxygen atoms in total. The molecule has 0 bridgehead atoms. The maximum absolute atomic E-state index is 12.8. The molecule has 0 amide bonds. The molecule has 0 fully saturated rings. The zero-order valence-electron chi connectivity index (χ0n) is 8.77. The summed E-state index contributed by atoms with van der Waals surface area (Å²) >= 11 is 0. The summed E-state index contributed by atoms with van der Waals surface area (Å²) in [6.07, 6.45) is 0. The predicted molar refractivity (Wildman–Crippen MR) is 60.1 cm³/mol. The first-order valence-electron chi connectivity index (χ1n) is 4.83. The molecule has 1 N–H and O–H groups in total. The first-order chi connectivity index (χ1) is 7.69. The van der Waals surface area contributed by atoms with Crippen LogP contribution in [0.2, 0.25) is 0 Å². The van der Waals surface area contributed by atoms with Gasteiger partial charge in [0, 0.05) is 6.07 Å². The van der Waals surface area contributed by atoms with Crippen molar-refractivity contribution in [2.45, 2.75) is 0 Å². The lowest BCUT2D eigenvalue weighted by atomic mass is 10.1. The van der Waals surface area contributed by atoms with Gasteiger partial charge in [-0.25, -0.2) is 4.39 Å². The number of ether oxygens (including phenoxy) is 1. The van der Waals surface area contributed by atoms with Crippen molar-refractivity contribution in [1.29, 1.82) is 0 Å². The van der Waals surface area contributed by atoms with Gasteiger partial charge in [-0.15, -0.1) is 0 Å². The molecule has 0 spiro atoms. The van der Waals surface area contributed by atoms with Crippen LogP contribution in [0.4, 0.5) is 4.39 Å². The Kier molecular flexibility index (Phi) is 2.77. The highest BCUT2D eigenvalue weighted by molar-refractivity contribution is 5.67. The lowest BCUT2D eigenvalue weighted by molar-refractivity contribution is 0.408.